The second-order valence-electron chi connectivity index (χ2n) is 5.96. The minimum absolute atomic E-state index is 0.101. The first-order valence-electron chi connectivity index (χ1n) is 8.08. The van der Waals surface area contributed by atoms with Gasteiger partial charge < -0.3 is 10.6 Å². The third-order valence-corrected chi connectivity index (χ3v) is 5.48. The van der Waals surface area contributed by atoms with Crippen LogP contribution in [0.15, 0.2) is 0 Å². The SMILES string of the molecule is Cc1nc(NCCc2nc3c(s2)CCC3)c2c(n1)C(=O)NCC2. The van der Waals surface area contributed by atoms with Crippen LogP contribution in [-0.2, 0) is 25.7 Å². The molecule has 0 aromatic carbocycles. The van der Waals surface area contributed by atoms with Crippen LogP contribution in [0.5, 0.6) is 0 Å². The highest BCUT2D eigenvalue weighted by Crippen LogP contribution is 2.28. The molecule has 0 bridgehead atoms. The molecule has 7 heteroatoms. The summed E-state index contributed by atoms with van der Waals surface area (Å²) in [7, 11) is 0. The van der Waals surface area contributed by atoms with Gasteiger partial charge in [-0.25, -0.2) is 15.0 Å². The monoisotopic (exact) mass is 329 g/mol. The molecule has 6 nitrogen and oxygen atoms in total. The third kappa shape index (κ3) is 2.81. The van der Waals surface area contributed by atoms with Crippen LogP contribution in [-0.4, -0.2) is 33.9 Å². The molecule has 0 spiro atoms. The molecule has 0 saturated heterocycles. The fourth-order valence-electron chi connectivity index (χ4n) is 3.19. The molecule has 0 radical (unpaired) electrons. The second-order valence-corrected chi connectivity index (χ2v) is 7.13. The van der Waals surface area contributed by atoms with Crippen LogP contribution >= 0.6 is 11.3 Å². The number of nitrogens with one attached hydrogen (secondary N) is 2. The van der Waals surface area contributed by atoms with Crippen LogP contribution in [0, 0.1) is 6.92 Å². The zero-order chi connectivity index (χ0) is 15.8. The van der Waals surface area contributed by atoms with Crippen molar-refractivity contribution in [3.63, 3.8) is 0 Å². The maximum atomic E-state index is 11.9. The normalized spacial score (nSPS) is 16.0. The van der Waals surface area contributed by atoms with Crippen molar-refractivity contribution in [2.45, 2.75) is 39.0 Å². The molecule has 1 aliphatic heterocycles. The van der Waals surface area contributed by atoms with Crippen LogP contribution in [0.1, 0.15) is 43.9 Å². The molecule has 0 atom stereocenters. The van der Waals surface area contributed by atoms with E-state index >= 15 is 0 Å². The van der Waals surface area contributed by atoms with Crippen LogP contribution in [0.25, 0.3) is 0 Å². The van der Waals surface area contributed by atoms with Gasteiger partial charge in [0.1, 0.15) is 17.3 Å². The smallest absolute Gasteiger partial charge is 0.270 e. The number of carbonyl (C=O) groups excluding carboxylic acids is 1. The second kappa shape index (κ2) is 5.88. The summed E-state index contributed by atoms with van der Waals surface area (Å²) in [5.74, 6) is 1.32. The van der Waals surface area contributed by atoms with E-state index in [0.717, 1.165) is 37.2 Å². The van der Waals surface area contributed by atoms with Crippen molar-refractivity contribution in [1.82, 2.24) is 20.3 Å². The fraction of sp³-hybridized carbons (Fsp3) is 0.500. The van der Waals surface area contributed by atoms with Crippen LogP contribution in [0.4, 0.5) is 5.82 Å². The summed E-state index contributed by atoms with van der Waals surface area (Å²) in [6.07, 6.45) is 5.24. The van der Waals surface area contributed by atoms with Crippen molar-refractivity contribution >= 4 is 23.1 Å². The number of anilines is 1. The highest BCUT2D eigenvalue weighted by atomic mass is 32.1. The zero-order valence-electron chi connectivity index (χ0n) is 13.1. The summed E-state index contributed by atoms with van der Waals surface area (Å²) < 4.78 is 0. The Bertz CT molecular complexity index is 749. The number of aromatic nitrogens is 3. The molecule has 2 aromatic heterocycles. The van der Waals surface area contributed by atoms with E-state index in [1.165, 1.54) is 28.4 Å². The van der Waals surface area contributed by atoms with Gasteiger partial charge in [0.15, 0.2) is 0 Å². The van der Waals surface area contributed by atoms with E-state index in [-0.39, 0.29) is 5.91 Å². The van der Waals surface area contributed by atoms with E-state index in [9.17, 15) is 4.79 Å². The lowest BCUT2D eigenvalue weighted by Crippen LogP contribution is -2.34. The van der Waals surface area contributed by atoms with Gasteiger partial charge in [0.25, 0.3) is 5.91 Å². The molecule has 1 aliphatic carbocycles. The van der Waals surface area contributed by atoms with E-state index in [1.54, 1.807) is 0 Å². The summed E-state index contributed by atoms with van der Waals surface area (Å²) in [4.78, 5) is 26.9. The summed E-state index contributed by atoms with van der Waals surface area (Å²) in [6, 6.07) is 0. The van der Waals surface area contributed by atoms with E-state index < -0.39 is 0 Å². The number of thiazole rings is 1. The van der Waals surface area contributed by atoms with Gasteiger partial charge in [0.2, 0.25) is 0 Å². The van der Waals surface area contributed by atoms with Gasteiger partial charge in [-0.1, -0.05) is 0 Å². The Kier molecular flexibility index (Phi) is 3.72. The summed E-state index contributed by atoms with van der Waals surface area (Å²) in [6.45, 7) is 3.24. The highest BCUT2D eigenvalue weighted by Gasteiger charge is 2.23. The lowest BCUT2D eigenvalue weighted by atomic mass is 10.1. The molecule has 3 heterocycles. The Hall–Kier alpha value is -2.02. The van der Waals surface area contributed by atoms with Crippen molar-refractivity contribution in [2.75, 3.05) is 18.4 Å². The Labute approximate surface area is 138 Å². The highest BCUT2D eigenvalue weighted by molar-refractivity contribution is 7.11. The van der Waals surface area contributed by atoms with Crippen molar-refractivity contribution in [3.8, 4) is 0 Å². The number of fused-ring (bicyclic) bond motifs is 2. The van der Waals surface area contributed by atoms with Crippen molar-refractivity contribution in [2.24, 2.45) is 0 Å². The first-order valence-corrected chi connectivity index (χ1v) is 8.89. The van der Waals surface area contributed by atoms with Gasteiger partial charge in [0.05, 0.1) is 10.7 Å². The maximum Gasteiger partial charge on any atom is 0.270 e. The Balaban J connectivity index is 1.47. The first-order chi connectivity index (χ1) is 11.2. The number of nitrogens with zero attached hydrogens (tertiary/aromatic N) is 3. The maximum absolute atomic E-state index is 11.9. The van der Waals surface area contributed by atoms with Gasteiger partial charge >= 0.3 is 0 Å². The number of aryl methyl sites for hydroxylation is 3. The summed E-state index contributed by atoms with van der Waals surface area (Å²) in [5.41, 5.74) is 2.75. The predicted octanol–water partition coefficient (Wildman–Crippen LogP) is 1.67. The molecular weight excluding hydrogens is 310 g/mol. The molecule has 0 saturated carbocycles. The molecule has 2 aromatic rings. The van der Waals surface area contributed by atoms with Crippen molar-refractivity contribution in [1.29, 1.82) is 0 Å². The largest absolute Gasteiger partial charge is 0.369 e. The molecule has 120 valence electrons. The lowest BCUT2D eigenvalue weighted by Gasteiger charge is -2.19. The number of hydrogen-bond donors (Lipinski definition) is 2. The predicted molar refractivity (Wildman–Crippen MR) is 89.1 cm³/mol. The zero-order valence-corrected chi connectivity index (χ0v) is 13.9. The number of amides is 1. The molecule has 0 unspecified atom stereocenters. The number of carbonyl (C=O) groups is 1. The van der Waals surface area contributed by atoms with Crippen molar-refractivity contribution in [3.05, 3.63) is 32.7 Å². The molecule has 4 rings (SSSR count). The van der Waals surface area contributed by atoms with E-state index in [2.05, 4.69) is 20.6 Å². The molecule has 0 fully saturated rings. The van der Waals surface area contributed by atoms with Crippen LogP contribution in [0.2, 0.25) is 0 Å². The Morgan fingerprint density at radius 1 is 1.22 bits per heavy atom. The summed E-state index contributed by atoms with van der Waals surface area (Å²) >= 11 is 1.84. The molecule has 2 N–H and O–H groups in total. The average molecular weight is 329 g/mol. The topological polar surface area (TPSA) is 79.8 Å². The lowest BCUT2D eigenvalue weighted by molar-refractivity contribution is 0.0940. The quantitative estimate of drug-likeness (QED) is 0.892. The first kappa shape index (κ1) is 14.6. The van der Waals surface area contributed by atoms with Crippen molar-refractivity contribution < 1.29 is 4.79 Å². The molecule has 1 amide bonds. The minimum Gasteiger partial charge on any atom is -0.369 e. The average Bonchev–Trinajstić information content (AvgIpc) is 3.09. The Morgan fingerprint density at radius 2 is 2.13 bits per heavy atom. The Morgan fingerprint density at radius 3 is 3.00 bits per heavy atom. The summed E-state index contributed by atoms with van der Waals surface area (Å²) in [5, 5.41) is 7.41. The van der Waals surface area contributed by atoms with Crippen LogP contribution < -0.4 is 10.6 Å². The van der Waals surface area contributed by atoms with Crippen LogP contribution in [0.3, 0.4) is 0 Å². The van der Waals surface area contributed by atoms with Gasteiger partial charge in [-0.3, -0.25) is 4.79 Å². The van der Waals surface area contributed by atoms with Gasteiger partial charge in [-0.2, -0.15) is 0 Å². The number of rotatable bonds is 4. The minimum atomic E-state index is -0.101. The van der Waals surface area contributed by atoms with Gasteiger partial charge in [0, 0.05) is 30.0 Å². The molecule has 2 aliphatic rings. The van der Waals surface area contributed by atoms with E-state index in [4.69, 9.17) is 4.98 Å². The standard InChI is InChI=1S/C16H19N5OS/c1-9-19-14-10(5-7-18-16(14)22)15(20-9)17-8-6-13-21-11-3-2-4-12(11)23-13/h2-8H2,1H3,(H,18,22)(H,17,19,20). The van der Waals surface area contributed by atoms with Gasteiger partial charge in [-0.15, -0.1) is 11.3 Å². The third-order valence-electron chi connectivity index (χ3n) is 4.27. The fourth-order valence-corrected chi connectivity index (χ4v) is 4.35. The number of hydrogen-bond acceptors (Lipinski definition) is 6. The van der Waals surface area contributed by atoms with Gasteiger partial charge in [-0.05, 0) is 32.6 Å². The molecule has 23 heavy (non-hydrogen) atoms. The van der Waals surface area contributed by atoms with E-state index in [0.29, 0.717) is 18.1 Å². The molecular formula is C16H19N5OS. The van der Waals surface area contributed by atoms with E-state index in [1.807, 2.05) is 18.3 Å².